The Morgan fingerprint density at radius 1 is 1.31 bits per heavy atom. The first-order valence-electron chi connectivity index (χ1n) is 5.56. The molecule has 0 spiro atoms. The lowest BCUT2D eigenvalue weighted by Gasteiger charge is -2.20. The van der Waals surface area contributed by atoms with E-state index in [0.29, 0.717) is 5.92 Å². The van der Waals surface area contributed by atoms with Crippen molar-refractivity contribution in [3.05, 3.63) is 34.7 Å². The molecule has 1 aliphatic rings. The minimum atomic E-state index is 0.531. The van der Waals surface area contributed by atoms with Crippen molar-refractivity contribution in [1.29, 1.82) is 0 Å². The van der Waals surface area contributed by atoms with Gasteiger partial charge in [-0.25, -0.2) is 4.98 Å². The minimum Gasteiger partial charge on any atom is -0.381 e. The van der Waals surface area contributed by atoms with Crippen molar-refractivity contribution in [2.24, 2.45) is 0 Å². The van der Waals surface area contributed by atoms with Crippen LogP contribution in [-0.4, -0.2) is 22.6 Å². The number of pyridine rings is 1. The Morgan fingerprint density at radius 3 is 2.88 bits per heavy atom. The maximum atomic E-state index is 5.39. The fourth-order valence-electron chi connectivity index (χ4n) is 2.21. The van der Waals surface area contributed by atoms with Crippen LogP contribution >= 0.6 is 15.9 Å². The lowest BCUT2D eigenvalue weighted by molar-refractivity contribution is 0.0844. The lowest BCUT2D eigenvalue weighted by Crippen LogP contribution is -2.14. The zero-order valence-electron chi connectivity index (χ0n) is 8.90. The molecule has 84 valence electrons. The van der Waals surface area contributed by atoms with Gasteiger partial charge in [0.05, 0.1) is 5.69 Å². The summed E-state index contributed by atoms with van der Waals surface area (Å²) in [5.74, 6) is 0.531. The van der Waals surface area contributed by atoms with Crippen LogP contribution < -0.4 is 0 Å². The standard InChI is InChI=1S/C12H13BrN2O/c13-12-11(9-4-7-16-8-5-9)14-10-3-1-2-6-15(10)12/h1-3,6,9H,4-5,7-8H2. The highest BCUT2D eigenvalue weighted by atomic mass is 79.9. The Balaban J connectivity index is 2.05. The first-order valence-corrected chi connectivity index (χ1v) is 6.36. The van der Waals surface area contributed by atoms with E-state index in [-0.39, 0.29) is 0 Å². The van der Waals surface area contributed by atoms with Gasteiger partial charge in [0.1, 0.15) is 10.3 Å². The molecule has 4 heteroatoms. The first kappa shape index (κ1) is 10.3. The highest BCUT2D eigenvalue weighted by molar-refractivity contribution is 9.10. The third kappa shape index (κ3) is 1.66. The van der Waals surface area contributed by atoms with Gasteiger partial charge in [0, 0.05) is 25.3 Å². The summed E-state index contributed by atoms with van der Waals surface area (Å²) in [6.07, 6.45) is 4.18. The average Bonchev–Trinajstić information content (AvgIpc) is 2.69. The van der Waals surface area contributed by atoms with Gasteiger partial charge in [-0.3, -0.25) is 4.40 Å². The maximum Gasteiger partial charge on any atom is 0.137 e. The molecule has 0 unspecified atom stereocenters. The number of fused-ring (bicyclic) bond motifs is 1. The van der Waals surface area contributed by atoms with Crippen molar-refractivity contribution in [1.82, 2.24) is 9.38 Å². The number of hydrogen-bond acceptors (Lipinski definition) is 2. The van der Waals surface area contributed by atoms with Crippen LogP contribution in [0.1, 0.15) is 24.5 Å². The van der Waals surface area contributed by atoms with Gasteiger partial charge in [-0.1, -0.05) is 6.07 Å². The maximum absolute atomic E-state index is 5.39. The summed E-state index contributed by atoms with van der Waals surface area (Å²) < 4.78 is 8.57. The van der Waals surface area contributed by atoms with Crippen LogP contribution in [0.4, 0.5) is 0 Å². The van der Waals surface area contributed by atoms with Crippen molar-refractivity contribution in [3.63, 3.8) is 0 Å². The Morgan fingerprint density at radius 2 is 2.12 bits per heavy atom. The normalized spacial score (nSPS) is 18.1. The molecule has 0 saturated carbocycles. The Hall–Kier alpha value is -0.870. The van der Waals surface area contributed by atoms with Gasteiger partial charge in [0.25, 0.3) is 0 Å². The van der Waals surface area contributed by atoms with Gasteiger partial charge in [0.15, 0.2) is 0 Å². The van der Waals surface area contributed by atoms with E-state index in [1.807, 2.05) is 24.4 Å². The monoisotopic (exact) mass is 280 g/mol. The molecule has 0 aliphatic carbocycles. The Kier molecular flexibility index (Phi) is 2.69. The van der Waals surface area contributed by atoms with Crippen LogP contribution in [0, 0.1) is 0 Å². The quantitative estimate of drug-likeness (QED) is 0.803. The van der Waals surface area contributed by atoms with E-state index < -0.39 is 0 Å². The van der Waals surface area contributed by atoms with Crippen molar-refractivity contribution in [2.45, 2.75) is 18.8 Å². The molecule has 3 heterocycles. The van der Waals surface area contributed by atoms with Crippen LogP contribution in [0.5, 0.6) is 0 Å². The molecule has 0 N–H and O–H groups in total. The van der Waals surface area contributed by atoms with Crippen molar-refractivity contribution >= 4 is 21.6 Å². The van der Waals surface area contributed by atoms with E-state index in [1.165, 1.54) is 5.69 Å². The molecule has 16 heavy (non-hydrogen) atoms. The highest BCUT2D eigenvalue weighted by Gasteiger charge is 2.22. The summed E-state index contributed by atoms with van der Waals surface area (Å²) in [6, 6.07) is 6.07. The molecular formula is C12H13BrN2O. The van der Waals surface area contributed by atoms with Crippen molar-refractivity contribution in [2.75, 3.05) is 13.2 Å². The van der Waals surface area contributed by atoms with Gasteiger partial charge in [0.2, 0.25) is 0 Å². The second-order valence-electron chi connectivity index (χ2n) is 4.10. The molecule has 1 fully saturated rings. The zero-order valence-corrected chi connectivity index (χ0v) is 10.5. The molecule has 3 rings (SSSR count). The number of rotatable bonds is 1. The smallest absolute Gasteiger partial charge is 0.137 e. The summed E-state index contributed by atoms with van der Waals surface area (Å²) in [6.45, 7) is 1.70. The Bertz CT molecular complexity index is 503. The molecular weight excluding hydrogens is 268 g/mol. The fraction of sp³-hybridized carbons (Fsp3) is 0.417. The number of hydrogen-bond donors (Lipinski definition) is 0. The van der Waals surface area contributed by atoms with E-state index in [2.05, 4.69) is 20.3 Å². The number of ether oxygens (including phenoxy) is 1. The van der Waals surface area contributed by atoms with Crippen molar-refractivity contribution in [3.8, 4) is 0 Å². The number of aromatic nitrogens is 2. The molecule has 0 atom stereocenters. The number of imidazole rings is 1. The summed E-state index contributed by atoms with van der Waals surface area (Å²) in [5, 5.41) is 0. The lowest BCUT2D eigenvalue weighted by atomic mass is 9.97. The van der Waals surface area contributed by atoms with Crippen LogP contribution in [-0.2, 0) is 4.74 Å². The molecule has 3 nitrogen and oxygen atoms in total. The molecule has 0 radical (unpaired) electrons. The largest absolute Gasteiger partial charge is 0.381 e. The van der Waals surface area contributed by atoms with Gasteiger partial charge in [-0.05, 0) is 40.9 Å². The van der Waals surface area contributed by atoms with Crippen LogP contribution in [0.2, 0.25) is 0 Å². The minimum absolute atomic E-state index is 0.531. The molecule has 1 aliphatic heterocycles. The fourth-order valence-corrected chi connectivity index (χ4v) is 2.93. The van der Waals surface area contributed by atoms with E-state index in [9.17, 15) is 0 Å². The molecule has 0 amide bonds. The number of nitrogens with zero attached hydrogens (tertiary/aromatic N) is 2. The van der Waals surface area contributed by atoms with E-state index in [4.69, 9.17) is 9.72 Å². The summed E-state index contributed by atoms with van der Waals surface area (Å²) in [5.41, 5.74) is 2.19. The van der Waals surface area contributed by atoms with E-state index in [0.717, 1.165) is 36.3 Å². The van der Waals surface area contributed by atoms with E-state index >= 15 is 0 Å². The summed E-state index contributed by atoms with van der Waals surface area (Å²) in [4.78, 5) is 4.70. The zero-order chi connectivity index (χ0) is 11.0. The van der Waals surface area contributed by atoms with Gasteiger partial charge in [-0.15, -0.1) is 0 Å². The third-order valence-corrected chi connectivity index (χ3v) is 3.89. The predicted octanol–water partition coefficient (Wildman–Crippen LogP) is 2.99. The predicted molar refractivity (Wildman–Crippen MR) is 65.7 cm³/mol. The topological polar surface area (TPSA) is 26.5 Å². The second kappa shape index (κ2) is 4.18. The third-order valence-electron chi connectivity index (χ3n) is 3.10. The SMILES string of the molecule is Brc1c(C2CCOCC2)nc2ccccn12. The van der Waals surface area contributed by atoms with Crippen LogP contribution in [0.15, 0.2) is 29.0 Å². The first-order chi connectivity index (χ1) is 7.86. The molecule has 2 aromatic rings. The molecule has 0 bridgehead atoms. The van der Waals surface area contributed by atoms with Crippen LogP contribution in [0.25, 0.3) is 5.65 Å². The van der Waals surface area contributed by atoms with E-state index in [1.54, 1.807) is 0 Å². The Labute approximate surface area is 103 Å². The molecule has 0 aromatic carbocycles. The van der Waals surface area contributed by atoms with Crippen LogP contribution in [0.3, 0.4) is 0 Å². The highest BCUT2D eigenvalue weighted by Crippen LogP contribution is 2.32. The summed E-state index contributed by atoms with van der Waals surface area (Å²) in [7, 11) is 0. The van der Waals surface area contributed by atoms with Gasteiger partial charge in [-0.2, -0.15) is 0 Å². The average molecular weight is 281 g/mol. The van der Waals surface area contributed by atoms with Gasteiger partial charge >= 0.3 is 0 Å². The van der Waals surface area contributed by atoms with Gasteiger partial charge < -0.3 is 4.74 Å². The second-order valence-corrected chi connectivity index (χ2v) is 4.85. The number of halogens is 1. The summed E-state index contributed by atoms with van der Waals surface area (Å²) >= 11 is 3.65. The molecule has 1 saturated heterocycles. The van der Waals surface area contributed by atoms with Crippen molar-refractivity contribution < 1.29 is 4.74 Å². The molecule has 2 aromatic heterocycles.